The van der Waals surface area contributed by atoms with Crippen LogP contribution in [0.4, 0.5) is 0 Å². The van der Waals surface area contributed by atoms with Gasteiger partial charge in [-0.3, -0.25) is 4.79 Å². The number of nitrogens with one attached hydrogen (secondary N) is 1. The summed E-state index contributed by atoms with van der Waals surface area (Å²) in [6.07, 6.45) is 4.65. The molecular formula is C16H20ClN5O. The van der Waals surface area contributed by atoms with Crippen molar-refractivity contribution in [2.75, 3.05) is 0 Å². The van der Waals surface area contributed by atoms with Crippen LogP contribution in [0.15, 0.2) is 24.3 Å². The molecule has 0 unspecified atom stereocenters. The van der Waals surface area contributed by atoms with Gasteiger partial charge in [-0.2, -0.15) is 4.80 Å². The first-order valence-electron chi connectivity index (χ1n) is 7.95. The fraction of sp³-hybridized carbons (Fsp3) is 0.500. The molecule has 122 valence electrons. The second-order valence-corrected chi connectivity index (χ2v) is 6.53. The van der Waals surface area contributed by atoms with Crippen molar-refractivity contribution in [3.05, 3.63) is 29.3 Å². The summed E-state index contributed by atoms with van der Waals surface area (Å²) in [6.45, 7) is 2.27. The van der Waals surface area contributed by atoms with Crippen LogP contribution in [-0.2, 0) is 11.3 Å². The van der Waals surface area contributed by atoms with Gasteiger partial charge in [0.25, 0.3) is 0 Å². The van der Waals surface area contributed by atoms with Gasteiger partial charge in [-0.05, 0) is 36.1 Å². The predicted molar refractivity (Wildman–Crippen MR) is 87.8 cm³/mol. The van der Waals surface area contributed by atoms with E-state index >= 15 is 0 Å². The summed E-state index contributed by atoms with van der Waals surface area (Å²) in [5, 5.41) is 15.9. The summed E-state index contributed by atoms with van der Waals surface area (Å²) in [6, 6.07) is 7.50. The lowest BCUT2D eigenvalue weighted by Crippen LogP contribution is -2.42. The van der Waals surface area contributed by atoms with E-state index in [1.165, 1.54) is 24.1 Å². The molecule has 3 rings (SSSR count). The summed E-state index contributed by atoms with van der Waals surface area (Å²) in [5.74, 6) is 0.920. The quantitative estimate of drug-likeness (QED) is 0.933. The maximum atomic E-state index is 12.2. The number of amides is 1. The van der Waals surface area contributed by atoms with E-state index in [1.54, 1.807) is 12.1 Å². The van der Waals surface area contributed by atoms with E-state index in [0.29, 0.717) is 16.8 Å². The summed E-state index contributed by atoms with van der Waals surface area (Å²) >= 11 is 5.96. The van der Waals surface area contributed by atoms with Crippen molar-refractivity contribution in [1.29, 1.82) is 0 Å². The number of carbonyl (C=O) groups excluding carboxylic acids is 1. The summed E-state index contributed by atoms with van der Waals surface area (Å²) in [5.41, 5.74) is 0.782. The second kappa shape index (κ2) is 7.08. The Bertz CT molecular complexity index is 687. The van der Waals surface area contributed by atoms with Crippen LogP contribution in [-0.4, -0.2) is 32.2 Å². The van der Waals surface area contributed by atoms with E-state index in [4.69, 9.17) is 11.6 Å². The van der Waals surface area contributed by atoms with Crippen molar-refractivity contribution in [3.8, 4) is 11.4 Å². The zero-order valence-electron chi connectivity index (χ0n) is 13.1. The number of nitrogens with zero attached hydrogens (tertiary/aromatic N) is 4. The van der Waals surface area contributed by atoms with Crippen molar-refractivity contribution in [1.82, 2.24) is 25.5 Å². The van der Waals surface area contributed by atoms with Crippen LogP contribution in [0.3, 0.4) is 0 Å². The molecule has 1 fully saturated rings. The highest BCUT2D eigenvalue weighted by molar-refractivity contribution is 6.30. The molecule has 0 aliphatic heterocycles. The van der Waals surface area contributed by atoms with E-state index in [9.17, 15) is 4.79 Å². The van der Waals surface area contributed by atoms with E-state index in [2.05, 4.69) is 27.7 Å². The molecule has 1 saturated carbocycles. The molecule has 1 aliphatic rings. The van der Waals surface area contributed by atoms with Crippen LogP contribution in [0.5, 0.6) is 0 Å². The number of rotatable bonds is 4. The van der Waals surface area contributed by atoms with Crippen LogP contribution < -0.4 is 5.32 Å². The number of aromatic nitrogens is 4. The number of tetrazole rings is 1. The molecule has 0 radical (unpaired) electrons. The highest BCUT2D eigenvalue weighted by Gasteiger charge is 2.23. The highest BCUT2D eigenvalue weighted by Crippen LogP contribution is 2.23. The zero-order valence-corrected chi connectivity index (χ0v) is 13.8. The van der Waals surface area contributed by atoms with E-state index in [1.807, 2.05) is 12.1 Å². The molecule has 1 heterocycles. The Hall–Kier alpha value is -1.95. The fourth-order valence-electron chi connectivity index (χ4n) is 2.96. The molecule has 0 bridgehead atoms. The molecule has 23 heavy (non-hydrogen) atoms. The van der Waals surface area contributed by atoms with Crippen molar-refractivity contribution in [3.63, 3.8) is 0 Å². The van der Waals surface area contributed by atoms with Gasteiger partial charge in [0.15, 0.2) is 0 Å². The van der Waals surface area contributed by atoms with Gasteiger partial charge in [-0.1, -0.05) is 43.5 Å². The van der Waals surface area contributed by atoms with Crippen molar-refractivity contribution < 1.29 is 4.79 Å². The first kappa shape index (κ1) is 15.9. The van der Waals surface area contributed by atoms with Crippen molar-refractivity contribution in [2.24, 2.45) is 5.92 Å². The number of carbonyl (C=O) groups is 1. The van der Waals surface area contributed by atoms with E-state index in [-0.39, 0.29) is 18.5 Å². The molecule has 0 saturated heterocycles. The standard InChI is InChI=1S/C16H20ClN5O/c1-11-5-2-3-8-14(11)18-15(23)10-22-20-16(19-21-22)12-6-4-7-13(17)9-12/h4,6-7,9,11,14H,2-3,5,8,10H2,1H3,(H,18,23)/t11-,14-/m1/s1. The second-order valence-electron chi connectivity index (χ2n) is 6.09. The zero-order chi connectivity index (χ0) is 16.2. The Kier molecular flexibility index (Phi) is 4.91. The molecular weight excluding hydrogens is 314 g/mol. The summed E-state index contributed by atoms with van der Waals surface area (Å²) in [7, 11) is 0. The fourth-order valence-corrected chi connectivity index (χ4v) is 3.16. The van der Waals surface area contributed by atoms with Crippen LogP contribution in [0, 0.1) is 5.92 Å². The minimum absolute atomic E-state index is 0.0706. The summed E-state index contributed by atoms with van der Waals surface area (Å²) in [4.78, 5) is 13.5. The van der Waals surface area contributed by atoms with Gasteiger partial charge in [0.1, 0.15) is 6.54 Å². The number of hydrogen-bond acceptors (Lipinski definition) is 4. The Morgan fingerprint density at radius 3 is 3.00 bits per heavy atom. The average molecular weight is 334 g/mol. The number of hydrogen-bond donors (Lipinski definition) is 1. The van der Waals surface area contributed by atoms with Gasteiger partial charge in [-0.15, -0.1) is 10.2 Å². The largest absolute Gasteiger partial charge is 0.351 e. The Morgan fingerprint density at radius 1 is 1.39 bits per heavy atom. The van der Waals surface area contributed by atoms with E-state index in [0.717, 1.165) is 12.0 Å². The molecule has 1 amide bonds. The Morgan fingerprint density at radius 2 is 2.22 bits per heavy atom. The van der Waals surface area contributed by atoms with Gasteiger partial charge in [0, 0.05) is 16.6 Å². The monoisotopic (exact) mass is 333 g/mol. The molecule has 1 aromatic carbocycles. The molecule has 2 aromatic rings. The lowest BCUT2D eigenvalue weighted by Gasteiger charge is -2.29. The molecule has 7 heteroatoms. The van der Waals surface area contributed by atoms with Gasteiger partial charge >= 0.3 is 0 Å². The predicted octanol–water partition coefficient (Wildman–Crippen LogP) is 2.69. The molecule has 1 N–H and O–H groups in total. The van der Waals surface area contributed by atoms with Crippen LogP contribution in [0.1, 0.15) is 32.6 Å². The molecule has 0 spiro atoms. The molecule has 6 nitrogen and oxygen atoms in total. The SMILES string of the molecule is C[C@@H]1CCCC[C@H]1NC(=O)Cn1nnc(-c2cccc(Cl)c2)n1. The minimum atomic E-state index is -0.0706. The number of benzene rings is 1. The lowest BCUT2D eigenvalue weighted by molar-refractivity contribution is -0.123. The summed E-state index contributed by atoms with van der Waals surface area (Å²) < 4.78 is 0. The Balaban J connectivity index is 1.61. The lowest BCUT2D eigenvalue weighted by atomic mass is 9.86. The first-order valence-corrected chi connectivity index (χ1v) is 8.33. The third kappa shape index (κ3) is 4.07. The van der Waals surface area contributed by atoms with Gasteiger partial charge in [-0.25, -0.2) is 0 Å². The molecule has 2 atom stereocenters. The smallest absolute Gasteiger partial charge is 0.243 e. The van der Waals surface area contributed by atoms with Gasteiger partial charge < -0.3 is 5.32 Å². The maximum absolute atomic E-state index is 12.2. The first-order chi connectivity index (χ1) is 11.1. The Labute approximate surface area is 140 Å². The van der Waals surface area contributed by atoms with Crippen molar-refractivity contribution in [2.45, 2.75) is 45.2 Å². The van der Waals surface area contributed by atoms with Crippen molar-refractivity contribution >= 4 is 17.5 Å². The minimum Gasteiger partial charge on any atom is -0.351 e. The van der Waals surface area contributed by atoms with Crippen LogP contribution in [0.2, 0.25) is 5.02 Å². The van der Waals surface area contributed by atoms with Crippen LogP contribution in [0.25, 0.3) is 11.4 Å². The third-order valence-corrected chi connectivity index (χ3v) is 4.51. The van der Waals surface area contributed by atoms with Gasteiger partial charge in [0.2, 0.25) is 11.7 Å². The van der Waals surface area contributed by atoms with Crippen LogP contribution >= 0.6 is 11.6 Å². The molecule has 1 aliphatic carbocycles. The number of halogens is 1. The topological polar surface area (TPSA) is 72.7 Å². The van der Waals surface area contributed by atoms with E-state index < -0.39 is 0 Å². The normalized spacial score (nSPS) is 21.1. The maximum Gasteiger partial charge on any atom is 0.243 e. The van der Waals surface area contributed by atoms with Gasteiger partial charge in [0.05, 0.1) is 0 Å². The molecule has 1 aromatic heterocycles. The third-order valence-electron chi connectivity index (χ3n) is 4.28. The highest BCUT2D eigenvalue weighted by atomic mass is 35.5. The average Bonchev–Trinajstić information content (AvgIpc) is 2.98.